The summed E-state index contributed by atoms with van der Waals surface area (Å²) in [5, 5.41) is 11.8. The Morgan fingerprint density at radius 3 is 2.27 bits per heavy atom. The molecule has 0 saturated heterocycles. The van der Waals surface area contributed by atoms with Crippen molar-refractivity contribution >= 4 is 28.1 Å². The monoisotopic (exact) mass is 468 g/mol. The lowest BCUT2D eigenvalue weighted by Crippen LogP contribution is -2.14. The van der Waals surface area contributed by atoms with E-state index in [1.54, 1.807) is 31.2 Å². The molecule has 10 heteroatoms. The first-order chi connectivity index (χ1) is 15.7. The number of hydrogen-bond donors (Lipinski definition) is 3. The molecule has 2 aromatic carbocycles. The molecular weight excluding hydrogens is 444 g/mol. The maximum absolute atomic E-state index is 11.8. The molecule has 1 heterocycles. The molecule has 0 fully saturated rings. The molecule has 0 bridgehead atoms. The van der Waals surface area contributed by atoms with Gasteiger partial charge in [0.05, 0.1) is 6.42 Å². The molecule has 0 atom stereocenters. The van der Waals surface area contributed by atoms with Gasteiger partial charge >= 0.3 is 5.97 Å². The van der Waals surface area contributed by atoms with Crippen LogP contribution >= 0.6 is 0 Å². The van der Waals surface area contributed by atoms with Gasteiger partial charge in [0.25, 0.3) is 10.1 Å². The van der Waals surface area contributed by atoms with Crippen LogP contribution in [-0.2, 0) is 27.8 Å². The normalized spacial score (nSPS) is 11.6. The second kappa shape index (κ2) is 10.8. The van der Waals surface area contributed by atoms with Gasteiger partial charge in [0.15, 0.2) is 0 Å². The van der Waals surface area contributed by atoms with Crippen molar-refractivity contribution in [3.8, 4) is 0 Å². The lowest BCUT2D eigenvalue weighted by molar-refractivity contribution is -0.136. The minimum atomic E-state index is -4.42. The van der Waals surface area contributed by atoms with Crippen LogP contribution in [0.1, 0.15) is 41.7 Å². The first kappa shape index (κ1) is 24.0. The van der Waals surface area contributed by atoms with Crippen molar-refractivity contribution in [1.82, 2.24) is 15.0 Å². The largest absolute Gasteiger partial charge is 0.481 e. The van der Waals surface area contributed by atoms with Crippen LogP contribution in [0.25, 0.3) is 6.08 Å². The molecule has 3 aromatic rings. The van der Waals surface area contributed by atoms with E-state index in [-0.39, 0.29) is 30.2 Å². The molecule has 0 spiro atoms. The molecule has 0 aliphatic heterocycles. The van der Waals surface area contributed by atoms with Crippen molar-refractivity contribution in [2.24, 2.45) is 0 Å². The van der Waals surface area contributed by atoms with Crippen molar-refractivity contribution in [1.29, 1.82) is 0 Å². The maximum atomic E-state index is 11.8. The number of carboxylic acid groups (broad SMARTS) is 1. The predicted molar refractivity (Wildman–Crippen MR) is 124 cm³/mol. The third-order valence-electron chi connectivity index (χ3n) is 4.62. The van der Waals surface area contributed by atoms with Crippen molar-refractivity contribution in [3.63, 3.8) is 0 Å². The first-order valence-electron chi connectivity index (χ1n) is 10.2. The lowest BCUT2D eigenvalue weighted by Gasteiger charge is -2.10. The van der Waals surface area contributed by atoms with Gasteiger partial charge in [-0.05, 0) is 29.7 Å². The van der Waals surface area contributed by atoms with Gasteiger partial charge in [0.1, 0.15) is 16.5 Å². The highest BCUT2D eigenvalue weighted by molar-refractivity contribution is 7.85. The van der Waals surface area contributed by atoms with Crippen LogP contribution < -0.4 is 5.32 Å². The van der Waals surface area contributed by atoms with Gasteiger partial charge in [0, 0.05) is 19.4 Å². The number of rotatable bonds is 10. The van der Waals surface area contributed by atoms with Crippen LogP contribution in [0.2, 0.25) is 0 Å². The summed E-state index contributed by atoms with van der Waals surface area (Å²) >= 11 is 0. The quantitative estimate of drug-likeness (QED) is 0.382. The van der Waals surface area contributed by atoms with Gasteiger partial charge in [-0.3, -0.25) is 9.35 Å². The molecule has 3 N–H and O–H groups in total. The summed E-state index contributed by atoms with van der Waals surface area (Å²) in [6.07, 6.45) is 3.81. The predicted octanol–water partition coefficient (Wildman–Crippen LogP) is 3.22. The van der Waals surface area contributed by atoms with Gasteiger partial charge in [-0.25, -0.2) is 4.98 Å². The zero-order valence-electron chi connectivity index (χ0n) is 18.0. The number of aliphatic carboxylic acids is 1. The van der Waals surface area contributed by atoms with E-state index in [0.717, 1.165) is 5.56 Å². The van der Waals surface area contributed by atoms with Crippen molar-refractivity contribution in [2.45, 2.75) is 31.1 Å². The van der Waals surface area contributed by atoms with E-state index in [9.17, 15) is 17.8 Å². The second-order valence-corrected chi connectivity index (χ2v) is 8.64. The van der Waals surface area contributed by atoms with E-state index in [1.807, 2.05) is 30.3 Å². The van der Waals surface area contributed by atoms with Gasteiger partial charge < -0.3 is 10.4 Å². The molecule has 9 nitrogen and oxygen atoms in total. The van der Waals surface area contributed by atoms with Crippen LogP contribution in [0.3, 0.4) is 0 Å². The molecule has 0 saturated carbocycles. The number of hydrogen-bond acceptors (Lipinski definition) is 7. The number of aromatic nitrogens is 3. The van der Waals surface area contributed by atoms with Crippen molar-refractivity contribution in [3.05, 3.63) is 82.9 Å². The zero-order valence-corrected chi connectivity index (χ0v) is 18.8. The molecule has 3 rings (SSSR count). The van der Waals surface area contributed by atoms with Crippen LogP contribution in [0.5, 0.6) is 0 Å². The van der Waals surface area contributed by atoms with E-state index >= 15 is 0 Å². The van der Waals surface area contributed by atoms with E-state index in [4.69, 9.17) is 5.11 Å². The topological polar surface area (TPSA) is 142 Å². The van der Waals surface area contributed by atoms with Gasteiger partial charge in [0.2, 0.25) is 5.95 Å². The van der Waals surface area contributed by atoms with E-state index < -0.39 is 16.1 Å². The van der Waals surface area contributed by atoms with Gasteiger partial charge in [-0.15, -0.1) is 0 Å². The Bertz CT molecular complexity index is 1260. The molecule has 33 heavy (non-hydrogen) atoms. The van der Waals surface area contributed by atoms with E-state index in [2.05, 4.69) is 20.3 Å². The highest BCUT2D eigenvalue weighted by Gasteiger charge is 2.16. The summed E-state index contributed by atoms with van der Waals surface area (Å²) in [6, 6.07) is 14.4. The molecule has 0 radical (unpaired) electrons. The van der Waals surface area contributed by atoms with Crippen LogP contribution in [0.15, 0.2) is 59.5 Å². The Morgan fingerprint density at radius 1 is 1.00 bits per heavy atom. The lowest BCUT2D eigenvalue weighted by atomic mass is 10.1. The number of carbonyl (C=O) groups is 1. The summed E-state index contributed by atoms with van der Waals surface area (Å²) in [7, 11) is -4.42. The average Bonchev–Trinajstić information content (AvgIpc) is 2.74. The Hall–Kier alpha value is -3.63. The summed E-state index contributed by atoms with van der Waals surface area (Å²) in [4.78, 5) is 23.9. The number of carboxylic acids is 1. The van der Waals surface area contributed by atoms with Gasteiger partial charge in [-0.1, -0.05) is 54.6 Å². The summed E-state index contributed by atoms with van der Waals surface area (Å²) in [6.45, 7) is 1.90. The van der Waals surface area contributed by atoms with Crippen LogP contribution in [0.4, 0.5) is 5.95 Å². The third-order valence-corrected chi connectivity index (χ3v) is 5.53. The first-order valence-corrected chi connectivity index (χ1v) is 11.6. The second-order valence-electron chi connectivity index (χ2n) is 7.25. The van der Waals surface area contributed by atoms with Crippen LogP contribution in [-0.4, -0.2) is 45.5 Å². The number of allylic oxidation sites excluding steroid dienone is 1. The van der Waals surface area contributed by atoms with Crippen molar-refractivity contribution in [2.75, 3.05) is 11.9 Å². The fraction of sp³-hybridized carbons (Fsp3) is 0.217. The van der Waals surface area contributed by atoms with Crippen molar-refractivity contribution < 1.29 is 22.9 Å². The molecule has 0 amide bonds. The smallest absolute Gasteiger partial charge is 0.305 e. The maximum Gasteiger partial charge on any atom is 0.305 e. The average molecular weight is 469 g/mol. The molecule has 172 valence electrons. The number of anilines is 1. The Balaban J connectivity index is 1.93. The van der Waals surface area contributed by atoms with Gasteiger partial charge in [-0.2, -0.15) is 18.4 Å². The molecule has 1 aromatic heterocycles. The molecule has 0 unspecified atom stereocenters. The standard InChI is InChI=1S/C23H24N4O5S/c1-2-6-18-10-9-17(13-19(18)33(30,31)32)15-21-25-20(14-16-7-4-3-5-8-16)26-23(27-21)24-12-11-22(28)29/h2-10,13H,11-12,14-15H2,1H3,(H,28,29)(H,30,31,32)(H,24,25,26,27)/b6-2+. The zero-order chi connectivity index (χ0) is 23.8. The van der Waals surface area contributed by atoms with E-state index in [0.29, 0.717) is 29.2 Å². The third kappa shape index (κ3) is 7.19. The summed E-state index contributed by atoms with van der Waals surface area (Å²) in [5.74, 6) is 0.173. The molecule has 0 aliphatic rings. The molecular formula is C23H24N4O5S. The number of nitrogens with zero attached hydrogens (tertiary/aromatic N) is 3. The molecule has 0 aliphatic carbocycles. The summed E-state index contributed by atoms with van der Waals surface area (Å²) in [5.41, 5.74) is 1.96. The minimum absolute atomic E-state index is 0.0981. The fourth-order valence-electron chi connectivity index (χ4n) is 3.18. The highest BCUT2D eigenvalue weighted by atomic mass is 32.2. The SMILES string of the molecule is C/C=C/c1ccc(Cc2nc(Cc3ccccc3)nc(NCCC(=O)O)n2)cc1S(=O)(=O)O. The number of nitrogens with one attached hydrogen (secondary N) is 1. The van der Waals surface area contributed by atoms with E-state index in [1.165, 1.54) is 6.07 Å². The highest BCUT2D eigenvalue weighted by Crippen LogP contribution is 2.21. The number of benzene rings is 2. The Labute approximate surface area is 192 Å². The Kier molecular flexibility index (Phi) is 7.86. The minimum Gasteiger partial charge on any atom is -0.481 e. The van der Waals surface area contributed by atoms with Crippen LogP contribution in [0, 0.1) is 0 Å². The fourth-order valence-corrected chi connectivity index (χ4v) is 3.91. The summed E-state index contributed by atoms with van der Waals surface area (Å²) < 4.78 is 33.3. The Morgan fingerprint density at radius 2 is 1.67 bits per heavy atom.